The van der Waals surface area contributed by atoms with Crippen LogP contribution in [0.25, 0.3) is 6.08 Å². The third kappa shape index (κ3) is 5.72. The quantitative estimate of drug-likeness (QED) is 0.736. The van der Waals surface area contributed by atoms with Gasteiger partial charge in [0.15, 0.2) is 0 Å². The van der Waals surface area contributed by atoms with Crippen molar-refractivity contribution in [1.29, 1.82) is 0 Å². The molecule has 0 aliphatic rings. The molecule has 3 heteroatoms. The van der Waals surface area contributed by atoms with Gasteiger partial charge in [-0.3, -0.25) is 0 Å². The fourth-order valence-electron chi connectivity index (χ4n) is 2.26. The molecule has 0 unspecified atom stereocenters. The van der Waals surface area contributed by atoms with Crippen LogP contribution in [0.15, 0.2) is 60.7 Å². The second kappa shape index (κ2) is 8.37. The van der Waals surface area contributed by atoms with Gasteiger partial charge >= 0.3 is 0 Å². The molecule has 0 amide bonds. The first kappa shape index (κ1) is 16.3. The van der Waals surface area contributed by atoms with Crippen molar-refractivity contribution in [2.24, 2.45) is 0 Å². The van der Waals surface area contributed by atoms with Crippen LogP contribution in [0.1, 0.15) is 24.0 Å². The van der Waals surface area contributed by atoms with E-state index in [2.05, 4.69) is 0 Å². The lowest BCUT2D eigenvalue weighted by atomic mass is 10.0. The van der Waals surface area contributed by atoms with Crippen molar-refractivity contribution in [2.75, 3.05) is 0 Å². The van der Waals surface area contributed by atoms with E-state index in [-0.39, 0.29) is 5.75 Å². The molecule has 0 aromatic heterocycles. The number of rotatable bonds is 7. The molecule has 2 aromatic carbocycles. The van der Waals surface area contributed by atoms with Gasteiger partial charge in [0.2, 0.25) is 0 Å². The molecule has 3 N–H and O–H groups in total. The third-order valence-corrected chi connectivity index (χ3v) is 3.53. The highest BCUT2D eigenvalue weighted by Gasteiger charge is 2.09. The van der Waals surface area contributed by atoms with E-state index in [0.717, 1.165) is 17.5 Å². The van der Waals surface area contributed by atoms with Crippen molar-refractivity contribution in [2.45, 2.75) is 31.5 Å². The van der Waals surface area contributed by atoms with E-state index in [1.54, 1.807) is 18.2 Å². The topological polar surface area (TPSA) is 60.7 Å². The Morgan fingerprint density at radius 3 is 2.27 bits per heavy atom. The summed E-state index contributed by atoms with van der Waals surface area (Å²) < 4.78 is 0. The summed E-state index contributed by atoms with van der Waals surface area (Å²) in [5.74, 6) is 0.241. The van der Waals surface area contributed by atoms with E-state index in [1.807, 2.05) is 48.5 Å². The Morgan fingerprint density at radius 2 is 1.59 bits per heavy atom. The molecule has 2 aromatic rings. The summed E-state index contributed by atoms with van der Waals surface area (Å²) in [5.41, 5.74) is 2.09. The Balaban J connectivity index is 1.75. The average molecular weight is 298 g/mol. The maximum Gasteiger partial charge on any atom is 0.115 e. The minimum atomic E-state index is -0.657. The van der Waals surface area contributed by atoms with Crippen LogP contribution in [0.5, 0.6) is 5.75 Å². The van der Waals surface area contributed by atoms with Crippen LogP contribution < -0.4 is 0 Å². The zero-order valence-electron chi connectivity index (χ0n) is 12.5. The molecule has 2 atom stereocenters. The largest absolute Gasteiger partial charge is 0.508 e. The first-order valence-corrected chi connectivity index (χ1v) is 7.51. The molecule has 2 rings (SSSR count). The monoisotopic (exact) mass is 298 g/mol. The molecular weight excluding hydrogens is 276 g/mol. The molecular formula is C19H22O3. The fourth-order valence-corrected chi connectivity index (χ4v) is 2.26. The third-order valence-electron chi connectivity index (χ3n) is 3.53. The second-order valence-corrected chi connectivity index (χ2v) is 5.43. The number of phenolic OH excluding ortho intramolecular Hbond substituents is 1. The van der Waals surface area contributed by atoms with E-state index < -0.39 is 12.2 Å². The number of aryl methyl sites for hydroxylation is 1. The minimum absolute atomic E-state index is 0.241. The van der Waals surface area contributed by atoms with Gasteiger partial charge in [0.25, 0.3) is 0 Å². The minimum Gasteiger partial charge on any atom is -0.508 e. The zero-order chi connectivity index (χ0) is 15.8. The number of benzene rings is 2. The molecule has 0 aliphatic carbocycles. The van der Waals surface area contributed by atoms with Crippen molar-refractivity contribution in [1.82, 2.24) is 0 Å². The SMILES string of the molecule is Oc1ccc(CC[C@H](O)C[C@H](O)C=Cc2ccccc2)cc1. The number of hydrogen-bond donors (Lipinski definition) is 3. The highest BCUT2D eigenvalue weighted by molar-refractivity contribution is 5.49. The highest BCUT2D eigenvalue weighted by atomic mass is 16.3. The Bertz CT molecular complexity index is 575. The smallest absolute Gasteiger partial charge is 0.115 e. The molecule has 0 saturated heterocycles. The van der Waals surface area contributed by atoms with Gasteiger partial charge < -0.3 is 15.3 Å². The number of aliphatic hydroxyl groups excluding tert-OH is 2. The molecule has 0 aliphatic heterocycles. The molecule has 116 valence electrons. The van der Waals surface area contributed by atoms with Crippen LogP contribution in [0.4, 0.5) is 0 Å². The maximum atomic E-state index is 9.99. The Morgan fingerprint density at radius 1 is 0.909 bits per heavy atom. The van der Waals surface area contributed by atoms with Gasteiger partial charge in [-0.2, -0.15) is 0 Å². The first-order valence-electron chi connectivity index (χ1n) is 7.51. The normalized spacial score (nSPS) is 14.1. The lowest BCUT2D eigenvalue weighted by Crippen LogP contribution is -2.16. The van der Waals surface area contributed by atoms with Crippen LogP contribution >= 0.6 is 0 Å². The maximum absolute atomic E-state index is 9.99. The summed E-state index contributed by atoms with van der Waals surface area (Å²) in [5, 5.41) is 29.1. The van der Waals surface area contributed by atoms with Crippen molar-refractivity contribution in [3.05, 3.63) is 71.8 Å². The predicted molar refractivity (Wildman–Crippen MR) is 88.5 cm³/mol. The zero-order valence-corrected chi connectivity index (χ0v) is 12.5. The molecule has 0 spiro atoms. The number of aliphatic hydroxyl groups is 2. The molecule has 22 heavy (non-hydrogen) atoms. The molecule has 0 radical (unpaired) electrons. The van der Waals surface area contributed by atoms with E-state index in [9.17, 15) is 15.3 Å². The highest BCUT2D eigenvalue weighted by Crippen LogP contribution is 2.14. The lowest BCUT2D eigenvalue weighted by Gasteiger charge is -2.13. The standard InChI is InChI=1S/C19H22O3/c20-17-10-6-16(7-11-17)9-13-19(22)14-18(21)12-8-15-4-2-1-3-5-15/h1-8,10-12,18-22H,9,13-14H2/t18-,19+/m1/s1. The van der Waals surface area contributed by atoms with E-state index in [1.165, 1.54) is 0 Å². The van der Waals surface area contributed by atoms with Crippen molar-refractivity contribution >= 4 is 6.08 Å². The number of phenols is 1. The van der Waals surface area contributed by atoms with E-state index in [4.69, 9.17) is 0 Å². The van der Waals surface area contributed by atoms with Gasteiger partial charge in [-0.05, 0) is 36.1 Å². The van der Waals surface area contributed by atoms with Crippen molar-refractivity contribution < 1.29 is 15.3 Å². The van der Waals surface area contributed by atoms with Crippen molar-refractivity contribution in [3.8, 4) is 5.75 Å². The lowest BCUT2D eigenvalue weighted by molar-refractivity contribution is 0.0983. The van der Waals surface area contributed by atoms with Crippen LogP contribution in [-0.2, 0) is 6.42 Å². The number of hydrogen-bond acceptors (Lipinski definition) is 3. The van der Waals surface area contributed by atoms with Gasteiger partial charge in [-0.1, -0.05) is 54.6 Å². The van der Waals surface area contributed by atoms with Gasteiger partial charge in [0.1, 0.15) is 5.75 Å². The summed E-state index contributed by atoms with van der Waals surface area (Å²) in [7, 11) is 0. The summed E-state index contributed by atoms with van der Waals surface area (Å²) in [6.07, 6.45) is 3.98. The summed E-state index contributed by atoms with van der Waals surface area (Å²) >= 11 is 0. The molecule has 3 nitrogen and oxygen atoms in total. The number of aromatic hydroxyl groups is 1. The van der Waals surface area contributed by atoms with Gasteiger partial charge in [-0.15, -0.1) is 0 Å². The predicted octanol–water partition coefficient (Wildman–Crippen LogP) is 3.15. The first-order chi connectivity index (χ1) is 10.6. The van der Waals surface area contributed by atoms with Gasteiger partial charge in [-0.25, -0.2) is 0 Å². The molecule has 0 fully saturated rings. The van der Waals surface area contributed by atoms with Gasteiger partial charge in [0, 0.05) is 6.42 Å². The average Bonchev–Trinajstić information content (AvgIpc) is 2.53. The molecule has 0 bridgehead atoms. The summed E-state index contributed by atoms with van der Waals surface area (Å²) in [6, 6.07) is 16.7. The second-order valence-electron chi connectivity index (χ2n) is 5.43. The van der Waals surface area contributed by atoms with E-state index >= 15 is 0 Å². The van der Waals surface area contributed by atoms with Crippen LogP contribution in [-0.4, -0.2) is 27.5 Å². The van der Waals surface area contributed by atoms with Crippen LogP contribution in [0, 0.1) is 0 Å². The van der Waals surface area contributed by atoms with Gasteiger partial charge in [0.05, 0.1) is 12.2 Å². The van der Waals surface area contributed by atoms with Crippen LogP contribution in [0.2, 0.25) is 0 Å². The summed E-state index contributed by atoms with van der Waals surface area (Å²) in [6.45, 7) is 0. The fraction of sp³-hybridized carbons (Fsp3) is 0.263. The Kier molecular flexibility index (Phi) is 6.19. The Hall–Kier alpha value is -2.10. The molecule has 0 saturated carbocycles. The van der Waals surface area contributed by atoms with Crippen molar-refractivity contribution in [3.63, 3.8) is 0 Å². The Labute approximate surface area is 131 Å². The van der Waals surface area contributed by atoms with Crippen LogP contribution in [0.3, 0.4) is 0 Å². The summed E-state index contributed by atoms with van der Waals surface area (Å²) in [4.78, 5) is 0. The molecule has 0 heterocycles. The van der Waals surface area contributed by atoms with E-state index in [0.29, 0.717) is 12.8 Å².